The maximum Gasteiger partial charge on any atom is 0.306 e. The van der Waals surface area contributed by atoms with Crippen LogP contribution in [0.4, 0.5) is 0 Å². The summed E-state index contributed by atoms with van der Waals surface area (Å²) in [6.07, 6.45) is 0.434. The number of esters is 1. The van der Waals surface area contributed by atoms with E-state index >= 15 is 0 Å². The van der Waals surface area contributed by atoms with Gasteiger partial charge in [-0.15, -0.1) is 0 Å². The van der Waals surface area contributed by atoms with E-state index in [1.807, 2.05) is 0 Å². The van der Waals surface area contributed by atoms with Crippen LogP contribution in [0, 0.1) is 0 Å². The molecule has 0 aromatic heterocycles. The van der Waals surface area contributed by atoms with E-state index in [1.165, 1.54) is 7.11 Å². The molecule has 0 spiro atoms. The third-order valence-electron chi connectivity index (χ3n) is 2.13. The zero-order valence-corrected chi connectivity index (χ0v) is 8.64. The van der Waals surface area contributed by atoms with Crippen molar-refractivity contribution in [3.63, 3.8) is 0 Å². The Morgan fingerprint density at radius 1 is 1.46 bits per heavy atom. The van der Waals surface area contributed by atoms with Gasteiger partial charge in [-0.2, -0.15) is 0 Å². The minimum Gasteiger partial charge on any atom is -0.469 e. The van der Waals surface area contributed by atoms with Gasteiger partial charge < -0.3 is 9.64 Å². The van der Waals surface area contributed by atoms with Crippen molar-refractivity contribution in [3.05, 3.63) is 0 Å². The maximum atomic E-state index is 11.0. The van der Waals surface area contributed by atoms with Crippen LogP contribution in [-0.4, -0.2) is 53.3 Å². The van der Waals surface area contributed by atoms with Gasteiger partial charge in [-0.3, -0.25) is 9.00 Å². The van der Waals surface area contributed by atoms with E-state index in [9.17, 15) is 9.00 Å². The molecule has 1 aliphatic rings. The lowest BCUT2D eigenvalue weighted by atomic mass is 10.4. The second kappa shape index (κ2) is 5.34. The van der Waals surface area contributed by atoms with Crippen LogP contribution in [-0.2, 0) is 20.3 Å². The number of carbonyl (C=O) groups is 1. The maximum absolute atomic E-state index is 11.0. The fourth-order valence-corrected chi connectivity index (χ4v) is 2.38. The van der Waals surface area contributed by atoms with Crippen LogP contribution in [0.3, 0.4) is 0 Å². The summed E-state index contributed by atoms with van der Waals surface area (Å²) in [4.78, 5) is 13.0. The van der Waals surface area contributed by atoms with Crippen LogP contribution in [0.15, 0.2) is 0 Å². The van der Waals surface area contributed by atoms with Crippen LogP contribution in [0.5, 0.6) is 0 Å². The number of methoxy groups -OCH3 is 1. The highest BCUT2D eigenvalue weighted by Crippen LogP contribution is 2.01. The van der Waals surface area contributed by atoms with Crippen LogP contribution in [0.2, 0.25) is 0 Å². The first-order valence-corrected chi connectivity index (χ1v) is 5.85. The van der Waals surface area contributed by atoms with Crippen molar-refractivity contribution in [3.8, 4) is 0 Å². The van der Waals surface area contributed by atoms with Crippen LogP contribution in [0.1, 0.15) is 6.42 Å². The molecule has 4 nitrogen and oxygen atoms in total. The SMILES string of the molecule is COC(=O)CCN1CCS(=O)CC1. The van der Waals surface area contributed by atoms with Gasteiger partial charge in [-0.25, -0.2) is 0 Å². The first kappa shape index (κ1) is 10.7. The molecule has 1 saturated heterocycles. The molecule has 1 fully saturated rings. The molecule has 0 aromatic carbocycles. The minimum absolute atomic E-state index is 0.174. The lowest BCUT2D eigenvalue weighted by Crippen LogP contribution is -2.38. The minimum atomic E-state index is -0.635. The van der Waals surface area contributed by atoms with E-state index in [1.54, 1.807) is 0 Å². The molecule has 0 bridgehead atoms. The summed E-state index contributed by atoms with van der Waals surface area (Å²) < 4.78 is 15.5. The van der Waals surface area contributed by atoms with Gasteiger partial charge >= 0.3 is 5.97 Å². The quantitative estimate of drug-likeness (QED) is 0.589. The molecule has 0 unspecified atom stereocenters. The van der Waals surface area contributed by atoms with Gasteiger partial charge in [0, 0.05) is 41.9 Å². The van der Waals surface area contributed by atoms with E-state index < -0.39 is 10.8 Å². The van der Waals surface area contributed by atoms with Crippen molar-refractivity contribution < 1.29 is 13.7 Å². The van der Waals surface area contributed by atoms with Crippen molar-refractivity contribution >= 4 is 16.8 Å². The molecule has 1 heterocycles. The fraction of sp³-hybridized carbons (Fsp3) is 0.875. The topological polar surface area (TPSA) is 46.6 Å². The third-order valence-corrected chi connectivity index (χ3v) is 3.41. The molecule has 76 valence electrons. The van der Waals surface area contributed by atoms with Gasteiger partial charge in [0.25, 0.3) is 0 Å². The highest BCUT2D eigenvalue weighted by molar-refractivity contribution is 7.85. The zero-order valence-electron chi connectivity index (χ0n) is 7.82. The highest BCUT2D eigenvalue weighted by Gasteiger charge is 2.15. The molecule has 0 radical (unpaired) electrons. The summed E-state index contributed by atoms with van der Waals surface area (Å²) in [5.74, 6) is 1.30. The first-order chi connectivity index (χ1) is 6.22. The Hall–Kier alpha value is -0.420. The molecule has 0 saturated carbocycles. The number of hydrogen-bond donors (Lipinski definition) is 0. The number of ether oxygens (including phenoxy) is 1. The Balaban J connectivity index is 2.15. The van der Waals surface area contributed by atoms with E-state index in [0.29, 0.717) is 6.42 Å². The largest absolute Gasteiger partial charge is 0.469 e. The van der Waals surface area contributed by atoms with Gasteiger partial charge in [0.2, 0.25) is 0 Å². The monoisotopic (exact) mass is 205 g/mol. The average Bonchev–Trinajstić information content (AvgIpc) is 2.16. The second-order valence-electron chi connectivity index (χ2n) is 3.02. The van der Waals surface area contributed by atoms with Crippen molar-refractivity contribution in [1.82, 2.24) is 4.90 Å². The molecule has 1 aliphatic heterocycles. The third kappa shape index (κ3) is 3.87. The Morgan fingerprint density at radius 3 is 2.62 bits per heavy atom. The van der Waals surface area contributed by atoms with Crippen LogP contribution in [0.25, 0.3) is 0 Å². The number of carbonyl (C=O) groups excluding carboxylic acids is 1. The predicted molar refractivity (Wildman–Crippen MR) is 50.9 cm³/mol. The summed E-state index contributed by atoms with van der Waals surface area (Å²) in [7, 11) is 0.762. The lowest BCUT2D eigenvalue weighted by molar-refractivity contribution is -0.140. The van der Waals surface area contributed by atoms with E-state index in [-0.39, 0.29) is 5.97 Å². The molecule has 0 amide bonds. The van der Waals surface area contributed by atoms with E-state index in [0.717, 1.165) is 31.1 Å². The van der Waals surface area contributed by atoms with Crippen molar-refractivity contribution in [1.29, 1.82) is 0 Å². The molecule has 5 heteroatoms. The van der Waals surface area contributed by atoms with Crippen LogP contribution >= 0.6 is 0 Å². The smallest absolute Gasteiger partial charge is 0.306 e. The molecule has 13 heavy (non-hydrogen) atoms. The number of hydrogen-bond acceptors (Lipinski definition) is 4. The molecule has 0 atom stereocenters. The van der Waals surface area contributed by atoms with Gasteiger partial charge in [0.15, 0.2) is 0 Å². The Bertz CT molecular complexity index is 198. The summed E-state index contributed by atoms with van der Waals surface area (Å²) in [6.45, 7) is 2.40. The normalized spacial score (nSPS) is 20.1. The van der Waals surface area contributed by atoms with Crippen LogP contribution < -0.4 is 0 Å². The summed E-state index contributed by atoms with van der Waals surface area (Å²) >= 11 is 0. The molecule has 1 rings (SSSR count). The van der Waals surface area contributed by atoms with Gasteiger partial charge in [-0.05, 0) is 0 Å². The van der Waals surface area contributed by atoms with E-state index in [4.69, 9.17) is 0 Å². The van der Waals surface area contributed by atoms with Gasteiger partial charge in [0.05, 0.1) is 13.5 Å². The standard InChI is InChI=1S/C8H15NO3S/c1-12-8(10)2-3-9-4-6-13(11)7-5-9/h2-7H2,1H3. The molecule has 0 aliphatic carbocycles. The van der Waals surface area contributed by atoms with E-state index in [2.05, 4.69) is 9.64 Å². The Labute approximate surface area is 80.7 Å². The molecular weight excluding hydrogens is 190 g/mol. The average molecular weight is 205 g/mol. The molecular formula is C8H15NO3S. The number of rotatable bonds is 3. The summed E-state index contributed by atoms with van der Waals surface area (Å²) in [6, 6.07) is 0. The van der Waals surface area contributed by atoms with Crippen molar-refractivity contribution in [2.45, 2.75) is 6.42 Å². The lowest BCUT2D eigenvalue weighted by Gasteiger charge is -2.25. The fourth-order valence-electron chi connectivity index (χ4n) is 1.25. The van der Waals surface area contributed by atoms with Crippen molar-refractivity contribution in [2.24, 2.45) is 0 Å². The second-order valence-corrected chi connectivity index (χ2v) is 4.71. The highest BCUT2D eigenvalue weighted by atomic mass is 32.2. The number of nitrogens with zero attached hydrogens (tertiary/aromatic N) is 1. The Kier molecular flexibility index (Phi) is 4.38. The van der Waals surface area contributed by atoms with Crippen molar-refractivity contribution in [2.75, 3.05) is 38.2 Å². The zero-order chi connectivity index (χ0) is 9.68. The van der Waals surface area contributed by atoms with Gasteiger partial charge in [-0.1, -0.05) is 0 Å². The first-order valence-electron chi connectivity index (χ1n) is 4.36. The molecule has 0 aromatic rings. The summed E-state index contributed by atoms with van der Waals surface area (Å²) in [5, 5.41) is 0. The Morgan fingerprint density at radius 2 is 2.08 bits per heavy atom. The predicted octanol–water partition coefficient (Wildman–Crippen LogP) is -0.386. The van der Waals surface area contributed by atoms with Gasteiger partial charge in [0.1, 0.15) is 0 Å². The summed E-state index contributed by atoms with van der Waals surface area (Å²) in [5.41, 5.74) is 0. The molecule has 0 N–H and O–H groups in total.